The quantitative estimate of drug-likeness (QED) is 0.610. The summed E-state index contributed by atoms with van der Waals surface area (Å²) < 4.78 is 0. The van der Waals surface area contributed by atoms with E-state index in [9.17, 15) is 4.79 Å². The van der Waals surface area contributed by atoms with E-state index < -0.39 is 5.97 Å². The van der Waals surface area contributed by atoms with Crippen LogP contribution in [0.2, 0.25) is 0 Å². The van der Waals surface area contributed by atoms with Gasteiger partial charge in [0.25, 0.3) is 0 Å². The maximum atomic E-state index is 10.4. The first kappa shape index (κ1) is 9.21. The Morgan fingerprint density at radius 3 is 2.60 bits per heavy atom. The van der Waals surface area contributed by atoms with Gasteiger partial charge in [-0.2, -0.15) is 0 Å². The molecular weight excluding hydrogens is 128 g/mol. The highest BCUT2D eigenvalue weighted by atomic mass is 16.4. The van der Waals surface area contributed by atoms with Crippen molar-refractivity contribution in [2.24, 2.45) is 5.92 Å². The molecule has 0 saturated heterocycles. The van der Waals surface area contributed by atoms with Crippen LogP contribution in [0.4, 0.5) is 0 Å². The van der Waals surface area contributed by atoms with E-state index in [2.05, 4.69) is 0 Å². The fourth-order valence-corrected chi connectivity index (χ4v) is 0.742. The van der Waals surface area contributed by atoms with Gasteiger partial charge in [-0.3, -0.25) is 4.79 Å². The first-order valence-corrected chi connectivity index (χ1v) is 3.56. The third-order valence-corrected chi connectivity index (χ3v) is 1.50. The Morgan fingerprint density at radius 2 is 2.30 bits per heavy atom. The maximum Gasteiger partial charge on any atom is 0.306 e. The van der Waals surface area contributed by atoms with Crippen molar-refractivity contribution in [2.75, 3.05) is 0 Å². The van der Waals surface area contributed by atoms with Crippen LogP contribution in [0.25, 0.3) is 0 Å². The summed E-state index contributed by atoms with van der Waals surface area (Å²) in [5, 5.41) is 8.57. The van der Waals surface area contributed by atoms with Gasteiger partial charge in [-0.15, -0.1) is 0 Å². The fourth-order valence-electron chi connectivity index (χ4n) is 0.742. The largest absolute Gasteiger partial charge is 0.481 e. The average molecular weight is 142 g/mol. The highest BCUT2D eigenvalue weighted by Crippen LogP contribution is 2.08. The molecule has 0 saturated carbocycles. The first-order chi connectivity index (χ1) is 4.72. The minimum absolute atomic E-state index is 0.198. The molecule has 10 heavy (non-hydrogen) atoms. The molecule has 0 radical (unpaired) electrons. The number of carboxylic acid groups (broad SMARTS) is 1. The predicted molar refractivity (Wildman–Crippen MR) is 40.8 cm³/mol. The molecule has 0 aliphatic heterocycles. The van der Waals surface area contributed by atoms with Gasteiger partial charge in [0.05, 0.1) is 5.92 Å². The summed E-state index contributed by atoms with van der Waals surface area (Å²) in [6, 6.07) is 0. The maximum absolute atomic E-state index is 10.4. The van der Waals surface area contributed by atoms with Crippen LogP contribution in [0.15, 0.2) is 12.2 Å². The van der Waals surface area contributed by atoms with E-state index in [0.29, 0.717) is 12.8 Å². The molecule has 2 heteroatoms. The molecule has 0 aromatic rings. The van der Waals surface area contributed by atoms with Gasteiger partial charge in [0.15, 0.2) is 0 Å². The molecule has 0 aromatic carbocycles. The van der Waals surface area contributed by atoms with Crippen molar-refractivity contribution in [2.45, 2.75) is 26.7 Å². The van der Waals surface area contributed by atoms with Crippen LogP contribution in [0.3, 0.4) is 0 Å². The summed E-state index contributed by atoms with van der Waals surface area (Å²) >= 11 is 0. The van der Waals surface area contributed by atoms with Crippen LogP contribution < -0.4 is 0 Å². The minimum Gasteiger partial charge on any atom is -0.481 e. The molecule has 0 aliphatic carbocycles. The van der Waals surface area contributed by atoms with Crippen LogP contribution in [0.1, 0.15) is 26.7 Å². The van der Waals surface area contributed by atoms with Crippen LogP contribution in [-0.2, 0) is 4.79 Å². The zero-order valence-corrected chi connectivity index (χ0v) is 6.50. The second-order valence-electron chi connectivity index (χ2n) is 2.25. The van der Waals surface area contributed by atoms with E-state index in [-0.39, 0.29) is 5.92 Å². The Morgan fingerprint density at radius 1 is 1.70 bits per heavy atom. The molecule has 1 N–H and O–H groups in total. The second-order valence-corrected chi connectivity index (χ2v) is 2.25. The second kappa shape index (κ2) is 5.03. The smallest absolute Gasteiger partial charge is 0.306 e. The Bertz CT molecular complexity index is 127. The molecule has 0 heterocycles. The average Bonchev–Trinajstić information content (AvgIpc) is 1.89. The van der Waals surface area contributed by atoms with E-state index >= 15 is 0 Å². The Labute approximate surface area is 61.6 Å². The molecule has 2 nitrogen and oxygen atoms in total. The van der Waals surface area contributed by atoms with E-state index in [4.69, 9.17) is 5.11 Å². The molecule has 0 aromatic heterocycles. The number of hydrogen-bond donors (Lipinski definition) is 1. The summed E-state index contributed by atoms with van der Waals surface area (Å²) in [6.45, 7) is 3.79. The molecule has 1 atom stereocenters. The molecule has 58 valence electrons. The van der Waals surface area contributed by atoms with Crippen LogP contribution in [0, 0.1) is 5.92 Å². The van der Waals surface area contributed by atoms with E-state index in [0.717, 1.165) is 0 Å². The van der Waals surface area contributed by atoms with Crippen LogP contribution in [-0.4, -0.2) is 11.1 Å². The summed E-state index contributed by atoms with van der Waals surface area (Å²) in [5.74, 6) is -0.892. The monoisotopic (exact) mass is 142 g/mol. The van der Waals surface area contributed by atoms with Crippen molar-refractivity contribution < 1.29 is 9.90 Å². The van der Waals surface area contributed by atoms with Crippen molar-refractivity contribution in [3.05, 3.63) is 12.2 Å². The molecule has 0 aliphatic rings. The number of rotatable bonds is 4. The molecule has 0 spiro atoms. The van der Waals surface area contributed by atoms with Gasteiger partial charge in [0.1, 0.15) is 0 Å². The molecular formula is C8H14O2. The Kier molecular flexibility index (Phi) is 4.63. The summed E-state index contributed by atoms with van der Waals surface area (Å²) in [7, 11) is 0. The number of carbonyl (C=O) groups is 1. The molecule has 0 rings (SSSR count). The van der Waals surface area contributed by atoms with Gasteiger partial charge in [-0.05, 0) is 19.8 Å². The van der Waals surface area contributed by atoms with Crippen molar-refractivity contribution in [3.63, 3.8) is 0 Å². The Hall–Kier alpha value is -0.790. The van der Waals surface area contributed by atoms with E-state index in [1.165, 1.54) is 0 Å². The molecule has 0 amide bonds. The minimum atomic E-state index is -0.694. The number of aliphatic carboxylic acids is 1. The van der Waals surface area contributed by atoms with Crippen LogP contribution >= 0.6 is 0 Å². The molecule has 1 unspecified atom stereocenters. The normalized spacial score (nSPS) is 13.8. The lowest BCUT2D eigenvalue weighted by Gasteiger charge is -2.04. The van der Waals surface area contributed by atoms with E-state index in [1.807, 2.05) is 26.0 Å². The summed E-state index contributed by atoms with van der Waals surface area (Å²) in [5.41, 5.74) is 0. The third-order valence-electron chi connectivity index (χ3n) is 1.50. The summed E-state index contributed by atoms with van der Waals surface area (Å²) in [6.07, 6.45) is 5.13. The third kappa shape index (κ3) is 3.28. The lowest BCUT2D eigenvalue weighted by molar-refractivity contribution is -0.141. The van der Waals surface area contributed by atoms with Crippen molar-refractivity contribution in [1.82, 2.24) is 0 Å². The summed E-state index contributed by atoms with van der Waals surface area (Å²) in [4.78, 5) is 10.4. The lowest BCUT2D eigenvalue weighted by Crippen LogP contribution is -2.10. The zero-order valence-electron chi connectivity index (χ0n) is 6.50. The number of carboxylic acids is 1. The topological polar surface area (TPSA) is 37.3 Å². The van der Waals surface area contributed by atoms with Crippen LogP contribution in [0.5, 0.6) is 0 Å². The molecule has 0 fully saturated rings. The number of allylic oxidation sites excluding steroid dienone is 2. The van der Waals surface area contributed by atoms with Crippen molar-refractivity contribution >= 4 is 5.97 Å². The van der Waals surface area contributed by atoms with Crippen molar-refractivity contribution in [1.29, 1.82) is 0 Å². The number of hydrogen-bond acceptors (Lipinski definition) is 1. The Balaban J connectivity index is 3.71. The van der Waals surface area contributed by atoms with Gasteiger partial charge < -0.3 is 5.11 Å². The highest BCUT2D eigenvalue weighted by molar-refractivity contribution is 5.70. The van der Waals surface area contributed by atoms with Gasteiger partial charge in [-0.1, -0.05) is 19.1 Å². The van der Waals surface area contributed by atoms with Crippen molar-refractivity contribution in [3.8, 4) is 0 Å². The van der Waals surface area contributed by atoms with E-state index in [1.54, 1.807) is 0 Å². The van der Waals surface area contributed by atoms with Gasteiger partial charge in [-0.25, -0.2) is 0 Å². The standard InChI is InChI=1S/C8H14O2/c1-3-5-6-7(4-2)8(9)10/h3,5,7H,4,6H2,1-2H3,(H,9,10). The van der Waals surface area contributed by atoms with Gasteiger partial charge in [0, 0.05) is 0 Å². The fraction of sp³-hybridized carbons (Fsp3) is 0.625. The lowest BCUT2D eigenvalue weighted by atomic mass is 10.0. The first-order valence-electron chi connectivity index (χ1n) is 3.56. The SMILES string of the molecule is CC=CCC(CC)C(=O)O. The zero-order chi connectivity index (χ0) is 7.98. The van der Waals surface area contributed by atoms with Gasteiger partial charge >= 0.3 is 5.97 Å². The molecule has 0 bridgehead atoms. The van der Waals surface area contributed by atoms with Gasteiger partial charge in [0.2, 0.25) is 0 Å². The predicted octanol–water partition coefficient (Wildman–Crippen LogP) is 2.06. The highest BCUT2D eigenvalue weighted by Gasteiger charge is 2.11.